The molecule has 0 aliphatic heterocycles. The summed E-state index contributed by atoms with van der Waals surface area (Å²) in [6, 6.07) is 1.19. The van der Waals surface area contributed by atoms with E-state index in [-0.39, 0.29) is 12.2 Å². The number of aromatic hydroxyl groups is 1. The first-order valence-electron chi connectivity index (χ1n) is 3.67. The van der Waals surface area contributed by atoms with E-state index in [2.05, 4.69) is 0 Å². The highest BCUT2D eigenvalue weighted by molar-refractivity contribution is 5.76. The SMILES string of the molecule is Cn1cc(O)c(=O)cc1CC(N)=O. The Hall–Kier alpha value is -1.78. The van der Waals surface area contributed by atoms with Crippen molar-refractivity contribution in [3.63, 3.8) is 0 Å². The molecule has 0 radical (unpaired) electrons. The van der Waals surface area contributed by atoms with Crippen LogP contribution in [0.25, 0.3) is 0 Å². The van der Waals surface area contributed by atoms with Crippen LogP contribution in [-0.2, 0) is 18.3 Å². The van der Waals surface area contributed by atoms with Crippen molar-refractivity contribution in [2.24, 2.45) is 12.8 Å². The molecule has 0 aliphatic rings. The Bertz CT molecular complexity index is 395. The van der Waals surface area contributed by atoms with E-state index >= 15 is 0 Å². The Balaban J connectivity index is 3.16. The summed E-state index contributed by atoms with van der Waals surface area (Å²) in [4.78, 5) is 21.5. The minimum atomic E-state index is -0.513. The normalized spacial score (nSPS) is 9.92. The van der Waals surface area contributed by atoms with Gasteiger partial charge >= 0.3 is 0 Å². The first kappa shape index (κ1) is 9.31. The molecular weight excluding hydrogens is 172 g/mol. The van der Waals surface area contributed by atoms with Gasteiger partial charge in [0.2, 0.25) is 11.3 Å². The second kappa shape index (κ2) is 3.30. The highest BCUT2D eigenvalue weighted by Gasteiger charge is 2.05. The Morgan fingerprint density at radius 2 is 2.31 bits per heavy atom. The molecule has 0 fully saturated rings. The van der Waals surface area contributed by atoms with Gasteiger partial charge in [0.05, 0.1) is 6.42 Å². The van der Waals surface area contributed by atoms with Crippen LogP contribution in [0.1, 0.15) is 5.69 Å². The van der Waals surface area contributed by atoms with Gasteiger partial charge in [-0.1, -0.05) is 0 Å². The summed E-state index contributed by atoms with van der Waals surface area (Å²) >= 11 is 0. The minimum absolute atomic E-state index is 0.00792. The van der Waals surface area contributed by atoms with Crippen LogP contribution < -0.4 is 11.2 Å². The van der Waals surface area contributed by atoms with Crippen LogP contribution in [0, 0.1) is 0 Å². The first-order chi connectivity index (χ1) is 6.00. The van der Waals surface area contributed by atoms with Crippen LogP contribution in [0.3, 0.4) is 0 Å². The van der Waals surface area contributed by atoms with Crippen molar-refractivity contribution in [2.75, 3.05) is 0 Å². The van der Waals surface area contributed by atoms with Gasteiger partial charge in [0.25, 0.3) is 0 Å². The van der Waals surface area contributed by atoms with Crippen LogP contribution in [-0.4, -0.2) is 15.6 Å². The Labute approximate surface area is 74.4 Å². The summed E-state index contributed by atoms with van der Waals surface area (Å²) < 4.78 is 1.49. The predicted molar refractivity (Wildman–Crippen MR) is 46.2 cm³/mol. The van der Waals surface area contributed by atoms with E-state index in [1.807, 2.05) is 0 Å². The van der Waals surface area contributed by atoms with E-state index in [0.717, 1.165) is 0 Å². The Morgan fingerprint density at radius 3 is 2.85 bits per heavy atom. The number of pyridine rings is 1. The maximum absolute atomic E-state index is 11.0. The molecule has 13 heavy (non-hydrogen) atoms. The lowest BCUT2D eigenvalue weighted by molar-refractivity contribution is -0.117. The van der Waals surface area contributed by atoms with E-state index in [1.165, 1.54) is 16.8 Å². The molecule has 0 saturated heterocycles. The van der Waals surface area contributed by atoms with E-state index in [1.54, 1.807) is 7.05 Å². The zero-order valence-electron chi connectivity index (χ0n) is 7.15. The molecule has 5 heteroatoms. The van der Waals surface area contributed by atoms with Crippen molar-refractivity contribution < 1.29 is 9.90 Å². The monoisotopic (exact) mass is 182 g/mol. The van der Waals surface area contributed by atoms with Crippen LogP contribution >= 0.6 is 0 Å². The lowest BCUT2D eigenvalue weighted by atomic mass is 10.2. The van der Waals surface area contributed by atoms with Gasteiger partial charge in [0, 0.05) is 25.0 Å². The van der Waals surface area contributed by atoms with Gasteiger partial charge in [0.15, 0.2) is 5.75 Å². The molecular formula is C8H10N2O3. The zero-order chi connectivity index (χ0) is 10.0. The molecule has 1 amide bonds. The molecule has 5 nitrogen and oxygen atoms in total. The Kier molecular flexibility index (Phi) is 2.36. The fraction of sp³-hybridized carbons (Fsp3) is 0.250. The highest BCUT2D eigenvalue weighted by atomic mass is 16.3. The fourth-order valence-corrected chi connectivity index (χ4v) is 1.01. The van der Waals surface area contributed by atoms with Crippen LogP contribution in [0.15, 0.2) is 17.1 Å². The number of aromatic nitrogens is 1. The molecule has 0 bridgehead atoms. The minimum Gasteiger partial charge on any atom is -0.503 e. The van der Waals surface area contributed by atoms with Crippen molar-refractivity contribution in [1.29, 1.82) is 0 Å². The molecule has 0 spiro atoms. The lowest BCUT2D eigenvalue weighted by Gasteiger charge is -2.05. The summed E-state index contributed by atoms with van der Waals surface area (Å²) in [6.45, 7) is 0. The molecule has 0 aliphatic carbocycles. The number of hydrogen-bond donors (Lipinski definition) is 2. The number of rotatable bonds is 2. The largest absolute Gasteiger partial charge is 0.503 e. The third-order valence-electron chi connectivity index (χ3n) is 1.67. The number of nitrogens with two attached hydrogens (primary N) is 1. The van der Waals surface area contributed by atoms with Gasteiger partial charge in [0.1, 0.15) is 0 Å². The van der Waals surface area contributed by atoms with Crippen molar-refractivity contribution in [3.05, 3.63) is 28.2 Å². The van der Waals surface area contributed by atoms with E-state index in [4.69, 9.17) is 10.8 Å². The molecule has 0 unspecified atom stereocenters. The molecule has 1 aromatic rings. The Morgan fingerprint density at radius 1 is 1.69 bits per heavy atom. The fourth-order valence-electron chi connectivity index (χ4n) is 1.01. The molecule has 0 atom stereocenters. The van der Waals surface area contributed by atoms with Gasteiger partial charge in [-0.25, -0.2) is 0 Å². The van der Waals surface area contributed by atoms with Crippen LogP contribution in [0.5, 0.6) is 5.75 Å². The van der Waals surface area contributed by atoms with E-state index in [0.29, 0.717) is 5.69 Å². The lowest BCUT2D eigenvalue weighted by Crippen LogP contribution is -2.19. The van der Waals surface area contributed by atoms with E-state index < -0.39 is 11.3 Å². The standard InChI is InChI=1S/C8H10N2O3/c1-10-4-7(12)6(11)2-5(10)3-8(9)13/h2,4,12H,3H2,1H3,(H2,9,13). The second-order valence-electron chi connectivity index (χ2n) is 2.77. The summed E-state index contributed by atoms with van der Waals surface area (Å²) in [7, 11) is 1.62. The van der Waals surface area contributed by atoms with Gasteiger partial charge in [-0.15, -0.1) is 0 Å². The van der Waals surface area contributed by atoms with Gasteiger partial charge in [-0.2, -0.15) is 0 Å². The van der Waals surface area contributed by atoms with Crippen LogP contribution in [0.4, 0.5) is 0 Å². The topological polar surface area (TPSA) is 85.3 Å². The summed E-state index contributed by atoms with van der Waals surface area (Å²) in [5.74, 6) is -0.851. The third-order valence-corrected chi connectivity index (χ3v) is 1.67. The van der Waals surface area contributed by atoms with Gasteiger partial charge in [-0.05, 0) is 0 Å². The molecule has 1 aromatic heterocycles. The maximum Gasteiger partial charge on any atom is 0.223 e. The average molecular weight is 182 g/mol. The molecule has 0 aromatic carbocycles. The molecule has 1 rings (SSSR count). The second-order valence-corrected chi connectivity index (χ2v) is 2.77. The number of nitrogens with zero attached hydrogens (tertiary/aromatic N) is 1. The highest BCUT2D eigenvalue weighted by Crippen LogP contribution is 2.02. The zero-order valence-corrected chi connectivity index (χ0v) is 7.15. The third kappa shape index (κ3) is 2.08. The molecule has 1 heterocycles. The van der Waals surface area contributed by atoms with Crippen LogP contribution in [0.2, 0.25) is 0 Å². The van der Waals surface area contributed by atoms with Crippen molar-refractivity contribution in [3.8, 4) is 5.75 Å². The number of hydrogen-bond acceptors (Lipinski definition) is 3. The van der Waals surface area contributed by atoms with Gasteiger partial charge in [-0.3, -0.25) is 9.59 Å². The maximum atomic E-state index is 11.0. The van der Waals surface area contributed by atoms with Crippen molar-refractivity contribution in [2.45, 2.75) is 6.42 Å². The number of carbonyl (C=O) groups excluding carboxylic acids is 1. The molecule has 3 N–H and O–H groups in total. The van der Waals surface area contributed by atoms with Crippen molar-refractivity contribution >= 4 is 5.91 Å². The summed E-state index contributed by atoms with van der Waals surface area (Å²) in [5, 5.41) is 9.01. The number of primary amides is 1. The van der Waals surface area contributed by atoms with E-state index in [9.17, 15) is 9.59 Å². The molecule has 70 valence electrons. The number of aryl methyl sites for hydroxylation is 1. The summed E-state index contributed by atoms with van der Waals surface area (Å²) in [5.41, 5.74) is 4.94. The van der Waals surface area contributed by atoms with Gasteiger partial charge < -0.3 is 15.4 Å². The molecule has 0 saturated carbocycles. The summed E-state index contributed by atoms with van der Waals surface area (Å²) in [6.07, 6.45) is 1.24. The smallest absolute Gasteiger partial charge is 0.223 e. The van der Waals surface area contributed by atoms with Crippen molar-refractivity contribution in [1.82, 2.24) is 4.57 Å². The first-order valence-corrected chi connectivity index (χ1v) is 3.67. The predicted octanol–water partition coefficient (Wildman–Crippen LogP) is -0.881. The quantitative estimate of drug-likeness (QED) is 0.622. The number of carbonyl (C=O) groups is 1. The number of amides is 1. The average Bonchev–Trinajstić information content (AvgIpc) is 1.99.